The molecule has 0 aromatic heterocycles. The maximum Gasteiger partial charge on any atom is 0.157 e. The summed E-state index contributed by atoms with van der Waals surface area (Å²) in [7, 11) is 2.15. The van der Waals surface area contributed by atoms with Crippen molar-refractivity contribution in [3.8, 4) is 5.75 Å². The molecule has 0 amide bonds. The zero-order valence-electron chi connectivity index (χ0n) is 25.2. The van der Waals surface area contributed by atoms with Crippen LogP contribution in [0.3, 0.4) is 0 Å². The van der Waals surface area contributed by atoms with Crippen LogP contribution in [-0.2, 0) is 27.1 Å². The number of rotatable bonds is 3. The van der Waals surface area contributed by atoms with Crippen molar-refractivity contribution < 1.29 is 4.52 Å². The Bertz CT molecular complexity index is 1010. The molecule has 0 radical (unpaired) electrons. The fraction of sp³-hybridized carbons (Fsp3) is 0.625. The normalized spacial score (nSPS) is 14.0. The summed E-state index contributed by atoms with van der Waals surface area (Å²) in [4.78, 5) is 0. The van der Waals surface area contributed by atoms with Crippen molar-refractivity contribution in [2.24, 2.45) is 0 Å². The second kappa shape index (κ2) is 9.95. The quantitative estimate of drug-likeness (QED) is 0.372. The summed E-state index contributed by atoms with van der Waals surface area (Å²) < 4.78 is 6.72. The van der Waals surface area contributed by atoms with Crippen LogP contribution in [0.4, 0.5) is 0 Å². The molecule has 1 nitrogen and oxygen atoms in total. The van der Waals surface area contributed by atoms with E-state index in [2.05, 4.69) is 134 Å². The van der Waals surface area contributed by atoms with Crippen molar-refractivity contribution in [1.82, 2.24) is 0 Å². The highest BCUT2D eigenvalue weighted by atomic mass is 31.7. The summed E-state index contributed by atoms with van der Waals surface area (Å²) in [5.74, 6) is 1.06. The van der Waals surface area contributed by atoms with Gasteiger partial charge in [-0.15, -0.1) is 0 Å². The van der Waals surface area contributed by atoms with Gasteiger partial charge in [0.1, 0.15) is 5.75 Å². The Kier molecular flexibility index (Phi) is 8.55. The summed E-state index contributed by atoms with van der Waals surface area (Å²) >= 11 is 0. The minimum atomic E-state index is 0.0184. The van der Waals surface area contributed by atoms with Gasteiger partial charge in [-0.25, -0.2) is 0 Å². The van der Waals surface area contributed by atoms with Gasteiger partial charge in [-0.2, -0.15) is 0 Å². The molecule has 0 N–H and O–H groups in total. The largest absolute Gasteiger partial charge is 0.434 e. The van der Waals surface area contributed by atoms with Crippen LogP contribution in [0, 0.1) is 0 Å². The summed E-state index contributed by atoms with van der Waals surface area (Å²) in [5.41, 5.74) is 7.10. The third-order valence-electron chi connectivity index (χ3n) is 6.50. The molecule has 194 valence electrons. The third-order valence-corrected chi connectivity index (χ3v) is 8.61. The van der Waals surface area contributed by atoms with E-state index in [1.807, 2.05) is 0 Å². The minimum absolute atomic E-state index is 0.0184. The zero-order chi connectivity index (χ0) is 27.2. The molecule has 2 rings (SSSR count). The van der Waals surface area contributed by atoms with Gasteiger partial charge >= 0.3 is 0 Å². The highest BCUT2D eigenvalue weighted by Gasteiger charge is 2.29. The Morgan fingerprint density at radius 1 is 0.514 bits per heavy atom. The van der Waals surface area contributed by atoms with Crippen LogP contribution in [0.5, 0.6) is 5.75 Å². The first-order valence-corrected chi connectivity index (χ1v) is 15.4. The molecule has 0 heterocycles. The molecule has 35 heavy (non-hydrogen) atoms. The highest BCUT2D eigenvalue weighted by molar-refractivity contribution is 7.85. The van der Waals surface area contributed by atoms with Gasteiger partial charge in [0.2, 0.25) is 0 Å². The van der Waals surface area contributed by atoms with Crippen molar-refractivity contribution >= 4 is 21.3 Å². The van der Waals surface area contributed by atoms with E-state index >= 15 is 0 Å². The van der Waals surface area contributed by atoms with Gasteiger partial charge in [0.05, 0.1) is 0 Å². The molecule has 0 atom stereocenters. The maximum atomic E-state index is 6.72. The molecule has 0 spiro atoms. The Morgan fingerprint density at radius 3 is 1.20 bits per heavy atom. The van der Waals surface area contributed by atoms with E-state index in [9.17, 15) is 0 Å². The Morgan fingerprint density at radius 2 is 0.886 bits per heavy atom. The van der Waals surface area contributed by atoms with E-state index in [1.54, 1.807) is 0 Å². The molecule has 0 unspecified atom stereocenters. The zero-order valence-corrected chi connectivity index (χ0v) is 27.0. The first kappa shape index (κ1) is 30.1. The van der Waals surface area contributed by atoms with E-state index in [0.29, 0.717) is 0 Å². The van der Waals surface area contributed by atoms with E-state index < -0.39 is 0 Å². The van der Waals surface area contributed by atoms with Gasteiger partial charge in [0.25, 0.3) is 0 Å². The lowest BCUT2D eigenvalue weighted by Crippen LogP contribution is -2.29. The molecule has 3 heteroatoms. The summed E-state index contributed by atoms with van der Waals surface area (Å²) in [6.45, 7) is 34.6. The van der Waals surface area contributed by atoms with Crippen LogP contribution in [0.15, 0.2) is 30.3 Å². The van der Waals surface area contributed by atoms with Gasteiger partial charge in [-0.3, -0.25) is 0 Å². The summed E-state index contributed by atoms with van der Waals surface area (Å²) in [6, 6.07) is 11.6. The smallest absolute Gasteiger partial charge is 0.157 e. The number of para-hydroxylation sites is 1. The predicted molar refractivity (Wildman–Crippen MR) is 160 cm³/mol. The van der Waals surface area contributed by atoms with Crippen LogP contribution in [0.1, 0.15) is 132 Å². The van der Waals surface area contributed by atoms with Crippen LogP contribution in [-0.4, -0.2) is 0 Å². The third kappa shape index (κ3) is 7.43. The molecule has 2 aromatic rings. The molecule has 2 aromatic carbocycles. The number of hydrogen-bond acceptors (Lipinski definition) is 1. The maximum absolute atomic E-state index is 6.72. The second-order valence-electron chi connectivity index (χ2n) is 15.1. The Hall–Kier alpha value is -1.16. The van der Waals surface area contributed by atoms with Crippen LogP contribution in [0.2, 0.25) is 0 Å². The van der Waals surface area contributed by atoms with Gasteiger partial charge in [-0.1, -0.05) is 134 Å². The molecular formula is C32H50OP2. The van der Waals surface area contributed by atoms with Crippen molar-refractivity contribution in [2.75, 3.05) is 0 Å². The van der Waals surface area contributed by atoms with E-state index in [-0.39, 0.29) is 27.1 Å². The minimum Gasteiger partial charge on any atom is -0.434 e. The molecule has 0 saturated carbocycles. The lowest BCUT2D eigenvalue weighted by molar-refractivity contribution is 0.510. The monoisotopic (exact) mass is 512 g/mol. The molecule has 0 bridgehead atoms. The van der Waals surface area contributed by atoms with Gasteiger partial charge < -0.3 is 4.52 Å². The van der Waals surface area contributed by atoms with Gasteiger partial charge in [0, 0.05) is 24.3 Å². The lowest BCUT2D eigenvalue weighted by Gasteiger charge is -2.32. The lowest BCUT2D eigenvalue weighted by atomic mass is 9.75. The Labute approximate surface area is 220 Å². The molecule has 0 saturated heterocycles. The van der Waals surface area contributed by atoms with Crippen molar-refractivity contribution in [3.63, 3.8) is 0 Å². The predicted octanol–water partition coefficient (Wildman–Crippen LogP) is 10.6. The molecule has 0 aliphatic carbocycles. The van der Waals surface area contributed by atoms with E-state index in [1.165, 1.54) is 41.0 Å². The average molecular weight is 513 g/mol. The van der Waals surface area contributed by atoms with Crippen molar-refractivity contribution in [2.45, 2.75) is 131 Å². The van der Waals surface area contributed by atoms with Crippen LogP contribution >= 0.6 is 16.0 Å². The highest BCUT2D eigenvalue weighted by Crippen LogP contribution is 2.43. The van der Waals surface area contributed by atoms with Gasteiger partial charge in [-0.05, 0) is 43.8 Å². The fourth-order valence-corrected chi connectivity index (χ4v) is 6.91. The van der Waals surface area contributed by atoms with Gasteiger partial charge in [0.15, 0.2) is 8.09 Å². The average Bonchev–Trinajstić information content (AvgIpc) is 2.63. The topological polar surface area (TPSA) is 9.23 Å². The molecule has 0 aliphatic heterocycles. The SMILES string of the molecule is CC(C)(C)c1cc(C(C)(C)C)c(P=POc2c(C(C)(C)C)cccc2C(C)(C)C)c(C(C)(C)C)c1. The Balaban J connectivity index is 2.76. The number of hydrogen-bond donors (Lipinski definition) is 0. The van der Waals surface area contributed by atoms with Crippen molar-refractivity contribution in [1.29, 1.82) is 0 Å². The first-order chi connectivity index (χ1) is 15.5. The van der Waals surface area contributed by atoms with Crippen LogP contribution < -0.4 is 9.83 Å². The van der Waals surface area contributed by atoms with E-state index in [4.69, 9.17) is 4.52 Å². The van der Waals surface area contributed by atoms with Crippen molar-refractivity contribution in [3.05, 3.63) is 58.1 Å². The summed E-state index contributed by atoms with van der Waals surface area (Å²) in [6.07, 6.45) is 0. The standard InChI is InChI=1S/C32H50OP2/c1-28(2,3)21-19-24(31(10,11)12)27(25(20-21)32(13,14)15)34-35-33-26-22(29(4,5)6)17-16-18-23(26)30(7,8)9/h16-20H,1-15H3. The summed E-state index contributed by atoms with van der Waals surface area (Å²) in [5, 5.41) is 1.42. The molecular weight excluding hydrogens is 462 g/mol. The molecule has 0 aliphatic rings. The second-order valence-corrected chi connectivity index (χ2v) is 17.2. The fourth-order valence-electron chi connectivity index (χ4n) is 4.24. The van der Waals surface area contributed by atoms with Crippen LogP contribution in [0.25, 0.3) is 0 Å². The first-order valence-electron chi connectivity index (χ1n) is 13.0. The number of benzene rings is 2. The van der Waals surface area contributed by atoms with E-state index in [0.717, 1.165) is 13.8 Å². The molecule has 0 fully saturated rings.